The molecule has 0 radical (unpaired) electrons. The van der Waals surface area contributed by atoms with Crippen LogP contribution in [0.5, 0.6) is 11.5 Å². The van der Waals surface area contributed by atoms with Crippen molar-refractivity contribution in [2.75, 3.05) is 59.3 Å². The van der Waals surface area contributed by atoms with Gasteiger partial charge >= 0.3 is 0 Å². The summed E-state index contributed by atoms with van der Waals surface area (Å²) in [7, 11) is 5.62. The summed E-state index contributed by atoms with van der Waals surface area (Å²) >= 11 is 0. The van der Waals surface area contributed by atoms with E-state index < -0.39 is 0 Å². The highest BCUT2D eigenvalue weighted by molar-refractivity contribution is 6.09. The lowest BCUT2D eigenvalue weighted by Gasteiger charge is -2.32. The number of nitrogens with zero attached hydrogens (tertiary/aromatic N) is 6. The van der Waals surface area contributed by atoms with Crippen LogP contribution in [-0.2, 0) is 11.3 Å². The van der Waals surface area contributed by atoms with Gasteiger partial charge in [-0.1, -0.05) is 12.1 Å². The first-order valence-electron chi connectivity index (χ1n) is 14.0. The third-order valence-corrected chi connectivity index (χ3v) is 7.42. The number of piperazine rings is 1. The number of pyridine rings is 1. The van der Waals surface area contributed by atoms with Crippen molar-refractivity contribution in [3.05, 3.63) is 59.9 Å². The Morgan fingerprint density at radius 1 is 1.12 bits per heavy atom. The van der Waals surface area contributed by atoms with Crippen LogP contribution in [0.2, 0.25) is 0 Å². The number of aliphatic imine (C=N–C) groups is 1. The van der Waals surface area contributed by atoms with E-state index in [4.69, 9.17) is 19.2 Å². The van der Waals surface area contributed by atoms with E-state index in [1.54, 1.807) is 32.6 Å². The summed E-state index contributed by atoms with van der Waals surface area (Å²) < 4.78 is 18.4. The molecule has 0 aliphatic carbocycles. The minimum absolute atomic E-state index is 0.101. The van der Waals surface area contributed by atoms with Gasteiger partial charge in [-0.3, -0.25) is 9.89 Å². The molecule has 0 spiro atoms. The molecule has 216 valence electrons. The van der Waals surface area contributed by atoms with Crippen LogP contribution >= 0.6 is 0 Å². The number of likely N-dealkylation sites (N-methyl/N-ethyl adjacent to an activating group) is 1. The van der Waals surface area contributed by atoms with Gasteiger partial charge in [0.05, 0.1) is 25.4 Å². The molecule has 0 unspecified atom stereocenters. The van der Waals surface area contributed by atoms with E-state index in [1.807, 2.05) is 26.1 Å². The van der Waals surface area contributed by atoms with Gasteiger partial charge < -0.3 is 24.4 Å². The highest BCUT2D eigenvalue weighted by Crippen LogP contribution is 2.36. The molecule has 3 aromatic rings. The second kappa shape index (κ2) is 13.1. The molecule has 4 heterocycles. The maximum atomic E-state index is 6.50. The first-order chi connectivity index (χ1) is 19.9. The molecule has 10 nitrogen and oxygen atoms in total. The zero-order chi connectivity index (χ0) is 28.8. The number of benzene rings is 1. The number of hydrogen-bond acceptors (Lipinski definition) is 10. The molecule has 2 aromatic heterocycles. The SMILES string of the molecule is CN=C/C1=C(\C)OCC[C@H](C)Oc2cc(ncc2-c2ccc(CN3CCN(C)CC3)c(OC)c2)Nc2ccnc1n2. The Balaban J connectivity index is 1.46. The van der Waals surface area contributed by atoms with Gasteiger partial charge in [-0.2, -0.15) is 0 Å². The minimum atomic E-state index is -0.101. The highest BCUT2D eigenvalue weighted by atomic mass is 16.5. The van der Waals surface area contributed by atoms with Crippen molar-refractivity contribution >= 4 is 23.4 Å². The van der Waals surface area contributed by atoms with Crippen LogP contribution < -0.4 is 14.8 Å². The Hall–Kier alpha value is -4.02. The Morgan fingerprint density at radius 2 is 1.95 bits per heavy atom. The second-order valence-corrected chi connectivity index (χ2v) is 10.5. The normalized spacial score (nSPS) is 20.6. The smallest absolute Gasteiger partial charge is 0.166 e. The number of methoxy groups -OCH3 is 1. The number of anilines is 2. The van der Waals surface area contributed by atoms with E-state index in [-0.39, 0.29) is 6.10 Å². The van der Waals surface area contributed by atoms with Crippen LogP contribution in [0.4, 0.5) is 11.6 Å². The second-order valence-electron chi connectivity index (χ2n) is 10.5. The predicted molar refractivity (Wildman–Crippen MR) is 162 cm³/mol. The average Bonchev–Trinajstić information content (AvgIpc) is 2.97. The summed E-state index contributed by atoms with van der Waals surface area (Å²) in [5, 5.41) is 3.31. The molecule has 5 rings (SSSR count). The molecular weight excluding hydrogens is 518 g/mol. The van der Waals surface area contributed by atoms with Crippen LogP contribution in [0.15, 0.2) is 53.5 Å². The molecule has 1 aromatic carbocycles. The molecule has 2 aliphatic heterocycles. The Bertz CT molecular complexity index is 1420. The number of nitrogens with one attached hydrogen (secondary N) is 1. The fourth-order valence-electron chi connectivity index (χ4n) is 4.97. The molecular formula is C31H39N7O3. The lowest BCUT2D eigenvalue weighted by atomic mass is 10.0. The number of aromatic nitrogens is 3. The molecule has 1 saturated heterocycles. The number of allylic oxidation sites excluding steroid dienone is 2. The fraction of sp³-hybridized carbons (Fsp3) is 0.419. The molecule has 41 heavy (non-hydrogen) atoms. The zero-order valence-electron chi connectivity index (χ0n) is 24.6. The first-order valence-corrected chi connectivity index (χ1v) is 14.0. The fourth-order valence-corrected chi connectivity index (χ4v) is 4.97. The van der Waals surface area contributed by atoms with E-state index in [9.17, 15) is 0 Å². The van der Waals surface area contributed by atoms with Gasteiger partial charge in [0.25, 0.3) is 0 Å². The van der Waals surface area contributed by atoms with Crippen molar-refractivity contribution in [2.24, 2.45) is 4.99 Å². The van der Waals surface area contributed by atoms with Gasteiger partial charge in [-0.05, 0) is 38.6 Å². The molecule has 1 N–H and O–H groups in total. The Morgan fingerprint density at radius 3 is 2.73 bits per heavy atom. The molecule has 2 aliphatic rings. The first kappa shape index (κ1) is 28.5. The third-order valence-electron chi connectivity index (χ3n) is 7.42. The molecule has 10 heteroatoms. The summed E-state index contributed by atoms with van der Waals surface area (Å²) in [6.07, 6.45) is 5.85. The maximum Gasteiger partial charge on any atom is 0.166 e. The molecule has 1 atom stereocenters. The van der Waals surface area contributed by atoms with Gasteiger partial charge in [-0.25, -0.2) is 15.0 Å². The minimum Gasteiger partial charge on any atom is -0.497 e. The largest absolute Gasteiger partial charge is 0.497 e. The topological polar surface area (TPSA) is 97.2 Å². The monoisotopic (exact) mass is 557 g/mol. The van der Waals surface area contributed by atoms with Gasteiger partial charge in [0.1, 0.15) is 28.9 Å². The quantitative estimate of drug-likeness (QED) is 0.449. The average molecular weight is 558 g/mol. The van der Waals surface area contributed by atoms with Crippen molar-refractivity contribution in [3.63, 3.8) is 0 Å². The van der Waals surface area contributed by atoms with Crippen molar-refractivity contribution in [1.29, 1.82) is 0 Å². The van der Waals surface area contributed by atoms with Crippen LogP contribution in [-0.4, -0.2) is 91.1 Å². The van der Waals surface area contributed by atoms with E-state index >= 15 is 0 Å². The summed E-state index contributed by atoms with van der Waals surface area (Å²) in [5.74, 6) is 4.05. The number of ether oxygens (including phenoxy) is 3. The molecule has 4 bridgehead atoms. The van der Waals surface area contributed by atoms with Crippen molar-refractivity contribution in [1.82, 2.24) is 24.8 Å². The lowest BCUT2D eigenvalue weighted by Crippen LogP contribution is -2.43. The standard InChI is InChI=1S/C31H39N7O3/c1-21-9-15-40-22(2)25(18-32-3)31-33-10-8-29(36-31)35-30-17-28(41-21)26(19-34-30)23-6-7-24(27(16-23)39-5)20-38-13-11-37(4)12-14-38/h6-8,10,16-19,21H,9,11-15,20H2,1-5H3,(H,33,34,35,36)/b25-22-,32-18?/t21-/m0/s1. The van der Waals surface area contributed by atoms with E-state index in [1.165, 1.54) is 5.56 Å². The lowest BCUT2D eigenvalue weighted by molar-refractivity contribution is 0.145. The summed E-state index contributed by atoms with van der Waals surface area (Å²) in [6.45, 7) is 9.55. The van der Waals surface area contributed by atoms with Crippen molar-refractivity contribution < 1.29 is 14.2 Å². The molecule has 0 amide bonds. The molecule has 1 fully saturated rings. The van der Waals surface area contributed by atoms with Crippen molar-refractivity contribution in [3.8, 4) is 22.6 Å². The summed E-state index contributed by atoms with van der Waals surface area (Å²) in [5.41, 5.74) is 3.77. The Labute approximate surface area is 242 Å². The van der Waals surface area contributed by atoms with E-state index in [0.717, 1.165) is 60.9 Å². The van der Waals surface area contributed by atoms with Gasteiger partial charge in [-0.15, -0.1) is 0 Å². The number of fused-ring (bicyclic) bond motifs is 4. The summed E-state index contributed by atoms with van der Waals surface area (Å²) in [4.78, 5) is 22.9. The Kier molecular flexibility index (Phi) is 9.11. The third kappa shape index (κ3) is 7.01. The number of hydrogen-bond donors (Lipinski definition) is 1. The van der Waals surface area contributed by atoms with Gasteiger partial charge in [0, 0.05) is 82.0 Å². The molecule has 0 saturated carbocycles. The van der Waals surface area contributed by atoms with Gasteiger partial charge in [0.15, 0.2) is 5.82 Å². The van der Waals surface area contributed by atoms with Crippen LogP contribution in [0.1, 0.15) is 31.7 Å². The highest BCUT2D eigenvalue weighted by Gasteiger charge is 2.19. The van der Waals surface area contributed by atoms with E-state index in [2.05, 4.69) is 55.3 Å². The van der Waals surface area contributed by atoms with Gasteiger partial charge in [0.2, 0.25) is 0 Å². The van der Waals surface area contributed by atoms with Crippen LogP contribution in [0.25, 0.3) is 16.7 Å². The summed E-state index contributed by atoms with van der Waals surface area (Å²) in [6, 6.07) is 10.1. The number of rotatable bonds is 5. The van der Waals surface area contributed by atoms with Crippen molar-refractivity contribution in [2.45, 2.75) is 32.9 Å². The predicted octanol–water partition coefficient (Wildman–Crippen LogP) is 4.66. The van der Waals surface area contributed by atoms with Crippen LogP contribution in [0, 0.1) is 0 Å². The maximum absolute atomic E-state index is 6.50. The van der Waals surface area contributed by atoms with E-state index in [0.29, 0.717) is 36.2 Å². The zero-order valence-corrected chi connectivity index (χ0v) is 24.6. The van der Waals surface area contributed by atoms with Crippen LogP contribution in [0.3, 0.4) is 0 Å².